The first-order valence-electron chi connectivity index (χ1n) is 8.98. The standard InChI is InChI=1S/C21H28INO2/c1-3-4-5-9-12-23-15-18-13-19(22)21(20(14-18)24-2)25-16-17-10-7-6-8-11-17/h6-8,10-11,13-14,23H,3-5,9,12,15-16H2,1-2H3. The lowest BCUT2D eigenvalue weighted by Crippen LogP contribution is -2.15. The molecule has 2 aromatic carbocycles. The molecule has 0 spiro atoms. The van der Waals surface area contributed by atoms with Crippen molar-refractivity contribution < 1.29 is 9.47 Å². The molecule has 0 heterocycles. The maximum absolute atomic E-state index is 6.02. The van der Waals surface area contributed by atoms with Crippen molar-refractivity contribution in [1.82, 2.24) is 5.32 Å². The lowest BCUT2D eigenvalue weighted by atomic mass is 10.2. The van der Waals surface area contributed by atoms with Crippen LogP contribution in [0.2, 0.25) is 0 Å². The first kappa shape index (κ1) is 20.0. The van der Waals surface area contributed by atoms with Crippen LogP contribution in [0.15, 0.2) is 42.5 Å². The van der Waals surface area contributed by atoms with Crippen LogP contribution in [0.1, 0.15) is 43.7 Å². The van der Waals surface area contributed by atoms with Crippen LogP contribution < -0.4 is 14.8 Å². The molecule has 0 aromatic heterocycles. The van der Waals surface area contributed by atoms with Gasteiger partial charge in [-0.05, 0) is 58.8 Å². The van der Waals surface area contributed by atoms with Crippen molar-refractivity contribution in [2.24, 2.45) is 0 Å². The lowest BCUT2D eigenvalue weighted by molar-refractivity contribution is 0.282. The average molecular weight is 453 g/mol. The average Bonchev–Trinajstić information content (AvgIpc) is 2.64. The number of hydrogen-bond acceptors (Lipinski definition) is 3. The van der Waals surface area contributed by atoms with Crippen LogP contribution in [-0.4, -0.2) is 13.7 Å². The molecule has 0 fully saturated rings. The molecule has 0 aliphatic heterocycles. The number of nitrogens with one attached hydrogen (secondary N) is 1. The smallest absolute Gasteiger partial charge is 0.174 e. The summed E-state index contributed by atoms with van der Waals surface area (Å²) in [6.07, 6.45) is 5.14. The largest absolute Gasteiger partial charge is 0.493 e. The van der Waals surface area contributed by atoms with Gasteiger partial charge < -0.3 is 14.8 Å². The molecule has 3 nitrogen and oxygen atoms in total. The number of rotatable bonds is 11. The fourth-order valence-corrected chi connectivity index (χ4v) is 3.48. The minimum atomic E-state index is 0.544. The van der Waals surface area contributed by atoms with E-state index in [1.165, 1.54) is 31.2 Å². The van der Waals surface area contributed by atoms with Crippen LogP contribution in [0, 0.1) is 3.57 Å². The maximum atomic E-state index is 6.02. The quantitative estimate of drug-likeness (QED) is 0.358. The van der Waals surface area contributed by atoms with E-state index < -0.39 is 0 Å². The van der Waals surface area contributed by atoms with Crippen LogP contribution in [0.25, 0.3) is 0 Å². The Labute approximate surface area is 165 Å². The monoisotopic (exact) mass is 453 g/mol. The Morgan fingerprint density at radius 3 is 2.52 bits per heavy atom. The Bertz CT molecular complexity index is 631. The van der Waals surface area contributed by atoms with Crippen LogP contribution in [0.5, 0.6) is 11.5 Å². The van der Waals surface area contributed by atoms with E-state index >= 15 is 0 Å². The van der Waals surface area contributed by atoms with E-state index in [-0.39, 0.29) is 0 Å². The molecular formula is C21H28INO2. The molecule has 0 amide bonds. The number of ether oxygens (including phenoxy) is 2. The molecule has 0 aliphatic carbocycles. The second kappa shape index (κ2) is 11.4. The summed E-state index contributed by atoms with van der Waals surface area (Å²) in [5, 5.41) is 3.52. The van der Waals surface area contributed by atoms with E-state index in [0.29, 0.717) is 6.61 Å². The number of benzene rings is 2. The van der Waals surface area contributed by atoms with Gasteiger partial charge in [0.2, 0.25) is 0 Å². The lowest BCUT2D eigenvalue weighted by Gasteiger charge is -2.15. The minimum absolute atomic E-state index is 0.544. The third kappa shape index (κ3) is 6.86. The zero-order valence-corrected chi connectivity index (χ0v) is 17.3. The van der Waals surface area contributed by atoms with Crippen molar-refractivity contribution in [3.05, 3.63) is 57.2 Å². The van der Waals surface area contributed by atoms with Gasteiger partial charge in [-0.3, -0.25) is 0 Å². The normalized spacial score (nSPS) is 10.7. The topological polar surface area (TPSA) is 30.5 Å². The summed E-state index contributed by atoms with van der Waals surface area (Å²) in [5.74, 6) is 1.62. The zero-order chi connectivity index (χ0) is 17.9. The molecule has 4 heteroatoms. The van der Waals surface area contributed by atoms with Crippen molar-refractivity contribution in [3.8, 4) is 11.5 Å². The van der Waals surface area contributed by atoms with Gasteiger partial charge in [-0.15, -0.1) is 0 Å². The maximum Gasteiger partial charge on any atom is 0.174 e. The molecule has 0 saturated carbocycles. The molecule has 2 aromatic rings. The fraction of sp³-hybridized carbons (Fsp3) is 0.429. The molecule has 0 atom stereocenters. The first-order chi connectivity index (χ1) is 12.2. The van der Waals surface area contributed by atoms with Crippen LogP contribution in [0.4, 0.5) is 0 Å². The third-order valence-corrected chi connectivity index (χ3v) is 4.85. The number of halogens is 1. The summed E-state index contributed by atoms with van der Waals surface area (Å²) in [7, 11) is 1.70. The van der Waals surface area contributed by atoms with Gasteiger partial charge in [0, 0.05) is 6.54 Å². The molecular weight excluding hydrogens is 425 g/mol. The molecule has 136 valence electrons. The Balaban J connectivity index is 1.92. The summed E-state index contributed by atoms with van der Waals surface area (Å²) in [4.78, 5) is 0. The molecule has 0 radical (unpaired) electrons. The molecule has 0 aliphatic rings. The van der Waals surface area contributed by atoms with E-state index in [1.54, 1.807) is 7.11 Å². The van der Waals surface area contributed by atoms with Gasteiger partial charge in [-0.25, -0.2) is 0 Å². The summed E-state index contributed by atoms with van der Waals surface area (Å²) < 4.78 is 12.7. The van der Waals surface area contributed by atoms with Gasteiger partial charge in [0.05, 0.1) is 10.7 Å². The van der Waals surface area contributed by atoms with Gasteiger partial charge >= 0.3 is 0 Å². The van der Waals surface area contributed by atoms with Crippen LogP contribution in [-0.2, 0) is 13.2 Å². The van der Waals surface area contributed by atoms with E-state index in [2.05, 4.69) is 59.1 Å². The Hall–Kier alpha value is -1.27. The van der Waals surface area contributed by atoms with Gasteiger partial charge in [0.15, 0.2) is 11.5 Å². The Kier molecular flexibility index (Phi) is 9.11. The molecule has 0 bridgehead atoms. The summed E-state index contributed by atoms with van der Waals surface area (Å²) in [6.45, 7) is 4.70. The first-order valence-corrected chi connectivity index (χ1v) is 10.1. The zero-order valence-electron chi connectivity index (χ0n) is 15.2. The number of unbranched alkanes of at least 4 members (excludes halogenated alkanes) is 3. The summed E-state index contributed by atoms with van der Waals surface area (Å²) >= 11 is 2.32. The SMILES string of the molecule is CCCCCCNCc1cc(I)c(OCc2ccccc2)c(OC)c1. The molecule has 25 heavy (non-hydrogen) atoms. The summed E-state index contributed by atoms with van der Waals surface area (Å²) in [5.41, 5.74) is 2.38. The number of hydrogen-bond donors (Lipinski definition) is 1. The van der Waals surface area contributed by atoms with E-state index in [4.69, 9.17) is 9.47 Å². The highest BCUT2D eigenvalue weighted by atomic mass is 127. The van der Waals surface area contributed by atoms with Crippen LogP contribution in [0.3, 0.4) is 0 Å². The Morgan fingerprint density at radius 2 is 1.80 bits per heavy atom. The second-order valence-electron chi connectivity index (χ2n) is 6.12. The number of methoxy groups -OCH3 is 1. The van der Waals surface area contributed by atoms with Gasteiger partial charge in [-0.1, -0.05) is 56.5 Å². The third-order valence-electron chi connectivity index (χ3n) is 4.05. The van der Waals surface area contributed by atoms with Crippen molar-refractivity contribution in [3.63, 3.8) is 0 Å². The van der Waals surface area contributed by atoms with Crippen molar-refractivity contribution in [1.29, 1.82) is 0 Å². The second-order valence-corrected chi connectivity index (χ2v) is 7.28. The highest BCUT2D eigenvalue weighted by Gasteiger charge is 2.12. The minimum Gasteiger partial charge on any atom is -0.493 e. The molecule has 0 saturated heterocycles. The van der Waals surface area contributed by atoms with E-state index in [0.717, 1.165) is 33.7 Å². The molecule has 1 N–H and O–H groups in total. The highest BCUT2D eigenvalue weighted by molar-refractivity contribution is 14.1. The molecule has 2 rings (SSSR count). The van der Waals surface area contributed by atoms with Crippen molar-refractivity contribution >= 4 is 22.6 Å². The highest BCUT2D eigenvalue weighted by Crippen LogP contribution is 2.34. The predicted octanol–water partition coefficient (Wildman–Crippen LogP) is 5.55. The Morgan fingerprint density at radius 1 is 1.00 bits per heavy atom. The molecule has 0 unspecified atom stereocenters. The van der Waals surface area contributed by atoms with E-state index in [1.807, 2.05) is 18.2 Å². The fourth-order valence-electron chi connectivity index (χ4n) is 2.65. The predicted molar refractivity (Wildman–Crippen MR) is 112 cm³/mol. The van der Waals surface area contributed by atoms with Gasteiger partial charge in [0.25, 0.3) is 0 Å². The van der Waals surface area contributed by atoms with Gasteiger partial charge in [-0.2, -0.15) is 0 Å². The van der Waals surface area contributed by atoms with Crippen molar-refractivity contribution in [2.45, 2.75) is 45.8 Å². The summed E-state index contributed by atoms with van der Waals surface area (Å²) in [6, 6.07) is 14.4. The van der Waals surface area contributed by atoms with Crippen LogP contribution >= 0.6 is 22.6 Å². The van der Waals surface area contributed by atoms with Gasteiger partial charge in [0.1, 0.15) is 6.61 Å². The van der Waals surface area contributed by atoms with Crippen molar-refractivity contribution in [2.75, 3.05) is 13.7 Å². The van der Waals surface area contributed by atoms with E-state index in [9.17, 15) is 0 Å².